The van der Waals surface area contributed by atoms with Gasteiger partial charge in [-0.15, -0.1) is 0 Å². The Kier molecular flexibility index (Phi) is 5.90. The molecule has 0 saturated carbocycles. The maximum Gasteiger partial charge on any atom is 0.176 e. The Morgan fingerprint density at radius 2 is 2.06 bits per heavy atom. The average molecular weight is 224 g/mol. The minimum Gasteiger partial charge on any atom is -0.354 e. The van der Waals surface area contributed by atoms with Crippen LogP contribution in [0.25, 0.3) is 0 Å². The number of hydrogen-bond donors (Lipinski definition) is 1. The summed E-state index contributed by atoms with van der Waals surface area (Å²) >= 11 is 0. The van der Waals surface area contributed by atoms with E-state index in [0.29, 0.717) is 6.54 Å². The molecule has 2 aromatic heterocycles. The van der Waals surface area contributed by atoms with Gasteiger partial charge in [-0.3, -0.25) is 9.78 Å². The van der Waals surface area contributed by atoms with Gasteiger partial charge in [0, 0.05) is 39.0 Å². The largest absolute Gasteiger partial charge is 0.354 e. The van der Waals surface area contributed by atoms with Gasteiger partial charge in [0.1, 0.15) is 0 Å². The lowest BCUT2D eigenvalue weighted by Crippen LogP contribution is -2.20. The van der Waals surface area contributed by atoms with E-state index in [1.807, 2.05) is 18.3 Å². The van der Waals surface area contributed by atoms with Crippen LogP contribution >= 0.6 is 0 Å². The number of ether oxygens (including phenoxy) is 2. The van der Waals surface area contributed by atoms with Crippen LogP contribution in [0.4, 0.5) is 0 Å². The quantitative estimate of drug-likeness (QED) is 0.784. The molecule has 0 atom stereocenters. The lowest BCUT2D eigenvalue weighted by molar-refractivity contribution is -0.112. The first-order chi connectivity index (χ1) is 7.86. The van der Waals surface area contributed by atoms with Crippen molar-refractivity contribution in [3.8, 4) is 0 Å². The number of hydrogen-bond acceptors (Lipinski definition) is 4. The van der Waals surface area contributed by atoms with Gasteiger partial charge in [-0.25, -0.2) is 0 Å². The molecule has 0 bridgehead atoms. The van der Waals surface area contributed by atoms with E-state index < -0.39 is 0 Å². The molecule has 0 aromatic carbocycles. The summed E-state index contributed by atoms with van der Waals surface area (Å²) in [6.45, 7) is 0.625. The van der Waals surface area contributed by atoms with Crippen LogP contribution in [0, 0.1) is 0 Å². The lowest BCUT2D eigenvalue weighted by Gasteiger charge is -2.12. The SMILES string of the molecule is COC(Cn1cccn1)OC.c1cn[nH]c1. The van der Waals surface area contributed by atoms with Gasteiger partial charge in [0.2, 0.25) is 0 Å². The number of nitrogens with one attached hydrogen (secondary N) is 1. The van der Waals surface area contributed by atoms with Crippen molar-refractivity contribution in [2.24, 2.45) is 0 Å². The molecular weight excluding hydrogens is 208 g/mol. The molecule has 0 aliphatic heterocycles. The van der Waals surface area contributed by atoms with Crippen LogP contribution in [0.2, 0.25) is 0 Å². The zero-order valence-electron chi connectivity index (χ0n) is 9.41. The summed E-state index contributed by atoms with van der Waals surface area (Å²) in [5.41, 5.74) is 0. The molecule has 0 aliphatic carbocycles. The van der Waals surface area contributed by atoms with Crippen LogP contribution in [0.1, 0.15) is 0 Å². The normalized spacial score (nSPS) is 9.94. The summed E-state index contributed by atoms with van der Waals surface area (Å²) < 4.78 is 11.7. The van der Waals surface area contributed by atoms with E-state index in [1.54, 1.807) is 37.5 Å². The van der Waals surface area contributed by atoms with Gasteiger partial charge in [0.25, 0.3) is 0 Å². The van der Waals surface area contributed by atoms with Crippen LogP contribution in [-0.4, -0.2) is 40.5 Å². The van der Waals surface area contributed by atoms with Gasteiger partial charge in [-0.05, 0) is 12.1 Å². The molecule has 1 N–H and O–H groups in total. The second kappa shape index (κ2) is 7.61. The maximum atomic E-state index is 4.99. The zero-order chi connectivity index (χ0) is 11.6. The van der Waals surface area contributed by atoms with Crippen molar-refractivity contribution in [3.05, 3.63) is 36.9 Å². The highest BCUT2D eigenvalue weighted by atomic mass is 16.7. The van der Waals surface area contributed by atoms with Crippen molar-refractivity contribution in [3.63, 3.8) is 0 Å². The van der Waals surface area contributed by atoms with Crippen molar-refractivity contribution < 1.29 is 9.47 Å². The predicted octanol–water partition coefficient (Wildman–Crippen LogP) is 0.912. The van der Waals surface area contributed by atoms with Gasteiger partial charge in [0.05, 0.1) is 6.54 Å². The standard InChI is InChI=1S/C7H12N2O2.C3H4N2/c1-10-7(11-2)6-9-5-3-4-8-9;1-2-4-5-3-1/h3-5,7H,6H2,1-2H3;1-3H,(H,4,5). The Hall–Kier alpha value is -1.66. The van der Waals surface area contributed by atoms with Crippen molar-refractivity contribution in [1.82, 2.24) is 20.0 Å². The second-order valence-corrected chi connectivity index (χ2v) is 2.90. The number of rotatable bonds is 4. The molecular formula is C10H16N4O2. The molecule has 0 amide bonds. The molecule has 6 nitrogen and oxygen atoms in total. The van der Waals surface area contributed by atoms with E-state index in [1.165, 1.54) is 0 Å². The van der Waals surface area contributed by atoms with E-state index in [2.05, 4.69) is 15.3 Å². The number of aromatic nitrogens is 4. The Morgan fingerprint density at radius 3 is 2.44 bits per heavy atom. The summed E-state index contributed by atoms with van der Waals surface area (Å²) in [7, 11) is 3.22. The molecule has 2 heterocycles. The van der Waals surface area contributed by atoms with Gasteiger partial charge in [-0.2, -0.15) is 10.2 Å². The minimum atomic E-state index is -0.213. The van der Waals surface area contributed by atoms with Crippen molar-refractivity contribution in [1.29, 1.82) is 0 Å². The monoisotopic (exact) mass is 224 g/mol. The third-order valence-electron chi connectivity index (χ3n) is 1.83. The van der Waals surface area contributed by atoms with Gasteiger partial charge >= 0.3 is 0 Å². The molecule has 16 heavy (non-hydrogen) atoms. The Labute approximate surface area is 94.2 Å². The number of H-pyrrole nitrogens is 1. The average Bonchev–Trinajstić information content (AvgIpc) is 3.01. The first-order valence-corrected chi connectivity index (χ1v) is 4.83. The minimum absolute atomic E-state index is 0.213. The first-order valence-electron chi connectivity index (χ1n) is 4.83. The number of methoxy groups -OCH3 is 2. The zero-order valence-corrected chi connectivity index (χ0v) is 9.41. The van der Waals surface area contributed by atoms with Crippen LogP contribution in [-0.2, 0) is 16.0 Å². The summed E-state index contributed by atoms with van der Waals surface area (Å²) in [6, 6.07) is 3.70. The van der Waals surface area contributed by atoms with E-state index in [0.717, 1.165) is 0 Å². The summed E-state index contributed by atoms with van der Waals surface area (Å²) in [5.74, 6) is 0. The van der Waals surface area contributed by atoms with Crippen molar-refractivity contribution in [2.45, 2.75) is 12.8 Å². The third-order valence-corrected chi connectivity index (χ3v) is 1.83. The molecule has 2 aromatic rings. The highest BCUT2D eigenvalue weighted by Gasteiger charge is 2.04. The molecule has 0 saturated heterocycles. The fourth-order valence-corrected chi connectivity index (χ4v) is 1.02. The van der Waals surface area contributed by atoms with E-state index in [9.17, 15) is 0 Å². The van der Waals surface area contributed by atoms with Crippen molar-refractivity contribution >= 4 is 0 Å². The second-order valence-electron chi connectivity index (χ2n) is 2.90. The van der Waals surface area contributed by atoms with Gasteiger partial charge in [0.15, 0.2) is 6.29 Å². The highest BCUT2D eigenvalue weighted by Crippen LogP contribution is 1.95. The number of nitrogens with zero attached hydrogens (tertiary/aromatic N) is 3. The van der Waals surface area contributed by atoms with E-state index in [-0.39, 0.29) is 6.29 Å². The molecule has 6 heteroatoms. The van der Waals surface area contributed by atoms with E-state index >= 15 is 0 Å². The van der Waals surface area contributed by atoms with Crippen LogP contribution in [0.5, 0.6) is 0 Å². The number of aromatic amines is 1. The van der Waals surface area contributed by atoms with Crippen LogP contribution in [0.15, 0.2) is 36.9 Å². The van der Waals surface area contributed by atoms with E-state index in [4.69, 9.17) is 9.47 Å². The fourth-order valence-electron chi connectivity index (χ4n) is 1.02. The molecule has 0 radical (unpaired) electrons. The Morgan fingerprint density at radius 1 is 1.25 bits per heavy atom. The Bertz CT molecular complexity index is 312. The molecule has 0 unspecified atom stereocenters. The molecule has 0 spiro atoms. The van der Waals surface area contributed by atoms with Crippen LogP contribution < -0.4 is 0 Å². The molecule has 2 rings (SSSR count). The Balaban J connectivity index is 0.000000212. The predicted molar refractivity (Wildman–Crippen MR) is 58.6 cm³/mol. The molecule has 0 fully saturated rings. The van der Waals surface area contributed by atoms with Gasteiger partial charge < -0.3 is 9.47 Å². The fraction of sp³-hybridized carbons (Fsp3) is 0.400. The lowest BCUT2D eigenvalue weighted by atomic mass is 10.6. The van der Waals surface area contributed by atoms with Gasteiger partial charge in [-0.1, -0.05) is 0 Å². The maximum absolute atomic E-state index is 4.99. The van der Waals surface area contributed by atoms with Crippen LogP contribution in [0.3, 0.4) is 0 Å². The van der Waals surface area contributed by atoms with Crippen molar-refractivity contribution in [2.75, 3.05) is 14.2 Å². The third kappa shape index (κ3) is 4.72. The first kappa shape index (κ1) is 12.4. The summed E-state index contributed by atoms with van der Waals surface area (Å²) in [5, 5.41) is 10.2. The summed E-state index contributed by atoms with van der Waals surface area (Å²) in [4.78, 5) is 0. The molecule has 88 valence electrons. The summed E-state index contributed by atoms with van der Waals surface area (Å²) in [6.07, 6.45) is 6.84. The topological polar surface area (TPSA) is 65.0 Å². The smallest absolute Gasteiger partial charge is 0.176 e. The highest BCUT2D eigenvalue weighted by molar-refractivity contribution is 4.77. The molecule has 0 aliphatic rings.